The Morgan fingerprint density at radius 1 is 1.05 bits per heavy atom. The average molecular weight is 300 g/mol. The van der Waals surface area contributed by atoms with Crippen LogP contribution in [0.3, 0.4) is 0 Å². The molecule has 0 spiro atoms. The predicted octanol–water partition coefficient (Wildman–Crippen LogP) is 4.17. The normalized spacial score (nSPS) is 38.9. The van der Waals surface area contributed by atoms with Crippen molar-refractivity contribution < 1.29 is 9.84 Å². The molecule has 4 saturated carbocycles. The van der Waals surface area contributed by atoms with Crippen LogP contribution < -0.4 is 0 Å². The van der Waals surface area contributed by atoms with Gasteiger partial charge in [0.2, 0.25) is 0 Å². The van der Waals surface area contributed by atoms with Gasteiger partial charge in [0.25, 0.3) is 0 Å². The zero-order chi connectivity index (χ0) is 15.2. The number of hydrogen-bond donors (Lipinski definition) is 1. The zero-order valence-electron chi connectivity index (χ0n) is 13.6. The number of benzene rings is 1. The molecule has 4 bridgehead atoms. The fraction of sp³-hybridized carbons (Fsp3) is 0.700. The molecule has 0 aliphatic heterocycles. The van der Waals surface area contributed by atoms with Gasteiger partial charge < -0.3 is 9.84 Å². The molecule has 0 saturated heterocycles. The third kappa shape index (κ3) is 2.61. The Hall–Kier alpha value is -0.860. The van der Waals surface area contributed by atoms with E-state index in [1.807, 2.05) is 18.2 Å². The summed E-state index contributed by atoms with van der Waals surface area (Å²) in [5.74, 6) is 2.63. The van der Waals surface area contributed by atoms with Crippen molar-refractivity contribution in [3.8, 4) is 0 Å². The Morgan fingerprint density at radius 3 is 2.14 bits per heavy atom. The van der Waals surface area contributed by atoms with Gasteiger partial charge in [-0.25, -0.2) is 0 Å². The summed E-state index contributed by atoms with van der Waals surface area (Å²) in [7, 11) is 0. The smallest absolute Gasteiger partial charge is 0.0855 e. The van der Waals surface area contributed by atoms with E-state index < -0.39 is 0 Å². The van der Waals surface area contributed by atoms with E-state index in [-0.39, 0.29) is 17.6 Å². The molecular formula is C20H28O2. The van der Waals surface area contributed by atoms with Gasteiger partial charge in [-0.15, -0.1) is 0 Å². The molecule has 2 heteroatoms. The van der Waals surface area contributed by atoms with Crippen LogP contribution in [0.4, 0.5) is 0 Å². The lowest BCUT2D eigenvalue weighted by Gasteiger charge is -2.59. The van der Waals surface area contributed by atoms with Crippen molar-refractivity contribution in [1.29, 1.82) is 0 Å². The molecule has 2 nitrogen and oxygen atoms in total. The van der Waals surface area contributed by atoms with E-state index in [0.717, 1.165) is 17.8 Å². The largest absolute Gasteiger partial charge is 0.390 e. The zero-order valence-corrected chi connectivity index (χ0v) is 13.6. The maximum atomic E-state index is 11.0. The van der Waals surface area contributed by atoms with Gasteiger partial charge >= 0.3 is 0 Å². The van der Waals surface area contributed by atoms with Crippen LogP contribution in [0.25, 0.3) is 0 Å². The monoisotopic (exact) mass is 300 g/mol. The van der Waals surface area contributed by atoms with Gasteiger partial charge in [0.05, 0.1) is 18.8 Å². The molecule has 1 aromatic carbocycles. The van der Waals surface area contributed by atoms with Crippen LogP contribution in [-0.2, 0) is 11.3 Å². The highest BCUT2D eigenvalue weighted by molar-refractivity contribution is 5.13. The quantitative estimate of drug-likeness (QED) is 0.884. The second-order valence-corrected chi connectivity index (χ2v) is 8.23. The summed E-state index contributed by atoms with van der Waals surface area (Å²) in [5.41, 5.74) is 1.34. The van der Waals surface area contributed by atoms with E-state index in [4.69, 9.17) is 4.74 Å². The summed E-state index contributed by atoms with van der Waals surface area (Å²) in [6, 6.07) is 10.3. The highest BCUT2D eigenvalue weighted by Crippen LogP contribution is 2.61. The molecule has 2 atom stereocenters. The van der Waals surface area contributed by atoms with Gasteiger partial charge in [-0.2, -0.15) is 0 Å². The average Bonchev–Trinajstić information content (AvgIpc) is 2.51. The highest BCUT2D eigenvalue weighted by atomic mass is 16.5. The van der Waals surface area contributed by atoms with E-state index >= 15 is 0 Å². The predicted molar refractivity (Wildman–Crippen MR) is 87.3 cm³/mol. The number of hydrogen-bond acceptors (Lipinski definition) is 2. The van der Waals surface area contributed by atoms with Crippen molar-refractivity contribution in [3.05, 3.63) is 35.9 Å². The Morgan fingerprint density at radius 2 is 1.59 bits per heavy atom. The van der Waals surface area contributed by atoms with Crippen LogP contribution >= 0.6 is 0 Å². The molecular weight excluding hydrogens is 272 g/mol. The number of rotatable bonds is 5. The standard InChI is InChI=1S/C20H28O2/c1-14(22-13-15-5-3-2-4-6-15)19(21)20-10-16-7-17(11-20)9-18(8-16)12-20/h2-6,14,16-19,21H,7-13H2,1H3/t14-,16?,17?,18?,19-,20?/m0/s1. The minimum Gasteiger partial charge on any atom is -0.390 e. The van der Waals surface area contributed by atoms with Crippen molar-refractivity contribution in [1.82, 2.24) is 0 Å². The second kappa shape index (κ2) is 5.65. The molecule has 0 aromatic heterocycles. The van der Waals surface area contributed by atoms with Crippen LogP contribution in [-0.4, -0.2) is 17.3 Å². The maximum absolute atomic E-state index is 11.0. The maximum Gasteiger partial charge on any atom is 0.0855 e. The lowest BCUT2D eigenvalue weighted by atomic mass is 9.48. The van der Waals surface area contributed by atoms with Crippen molar-refractivity contribution >= 4 is 0 Å². The molecule has 1 N–H and O–H groups in total. The van der Waals surface area contributed by atoms with Gasteiger partial charge in [-0.1, -0.05) is 30.3 Å². The van der Waals surface area contributed by atoms with E-state index in [1.54, 1.807) is 0 Å². The van der Waals surface area contributed by atoms with Crippen molar-refractivity contribution in [2.75, 3.05) is 0 Å². The molecule has 1 aromatic rings. The summed E-state index contributed by atoms with van der Waals surface area (Å²) in [6.07, 6.45) is 7.60. The Bertz CT molecular complexity index is 474. The summed E-state index contributed by atoms with van der Waals surface area (Å²) >= 11 is 0. The summed E-state index contributed by atoms with van der Waals surface area (Å²) in [6.45, 7) is 2.66. The second-order valence-electron chi connectivity index (χ2n) is 8.23. The number of ether oxygens (including phenoxy) is 1. The van der Waals surface area contributed by atoms with Gasteiger partial charge in [0, 0.05) is 0 Å². The fourth-order valence-electron chi connectivity index (χ4n) is 5.93. The molecule has 0 unspecified atom stereocenters. The van der Waals surface area contributed by atoms with Gasteiger partial charge in [0.15, 0.2) is 0 Å². The van der Waals surface area contributed by atoms with Crippen LogP contribution in [0.1, 0.15) is 51.0 Å². The summed E-state index contributed by atoms with van der Waals surface area (Å²) in [5, 5.41) is 11.0. The van der Waals surface area contributed by atoms with Gasteiger partial charge in [-0.05, 0) is 74.2 Å². The molecule has 4 aliphatic carbocycles. The molecule has 5 rings (SSSR count). The van der Waals surface area contributed by atoms with Crippen LogP contribution in [0.5, 0.6) is 0 Å². The van der Waals surface area contributed by atoms with Crippen LogP contribution in [0, 0.1) is 23.2 Å². The van der Waals surface area contributed by atoms with Gasteiger partial charge in [0.1, 0.15) is 0 Å². The highest BCUT2D eigenvalue weighted by Gasteiger charge is 2.55. The summed E-state index contributed by atoms with van der Waals surface area (Å²) < 4.78 is 6.03. The van der Waals surface area contributed by atoms with E-state index in [0.29, 0.717) is 6.61 Å². The van der Waals surface area contributed by atoms with Crippen molar-refractivity contribution in [3.63, 3.8) is 0 Å². The number of aliphatic hydroxyl groups excluding tert-OH is 1. The van der Waals surface area contributed by atoms with Crippen LogP contribution in [0.15, 0.2) is 30.3 Å². The van der Waals surface area contributed by atoms with E-state index in [2.05, 4.69) is 19.1 Å². The fourth-order valence-corrected chi connectivity index (χ4v) is 5.93. The first-order valence-electron chi connectivity index (χ1n) is 8.98. The minimum absolute atomic E-state index is 0.0727. The molecule has 0 amide bonds. The molecule has 4 fully saturated rings. The first-order chi connectivity index (χ1) is 10.6. The Balaban J connectivity index is 1.41. The lowest BCUT2D eigenvalue weighted by molar-refractivity contribution is -0.164. The topological polar surface area (TPSA) is 29.5 Å². The summed E-state index contributed by atoms with van der Waals surface area (Å²) in [4.78, 5) is 0. The van der Waals surface area contributed by atoms with E-state index in [9.17, 15) is 5.11 Å². The number of aliphatic hydroxyl groups is 1. The van der Waals surface area contributed by atoms with Crippen molar-refractivity contribution in [2.24, 2.45) is 23.2 Å². The first-order valence-corrected chi connectivity index (χ1v) is 8.98. The molecule has 4 aliphatic rings. The molecule has 0 heterocycles. The molecule has 120 valence electrons. The van der Waals surface area contributed by atoms with E-state index in [1.165, 1.54) is 44.1 Å². The molecule has 22 heavy (non-hydrogen) atoms. The van der Waals surface area contributed by atoms with Crippen molar-refractivity contribution in [2.45, 2.75) is 64.3 Å². The Kier molecular flexibility index (Phi) is 3.78. The van der Waals surface area contributed by atoms with Gasteiger partial charge in [-0.3, -0.25) is 0 Å². The lowest BCUT2D eigenvalue weighted by Crippen LogP contribution is -2.54. The van der Waals surface area contributed by atoms with Crippen LogP contribution in [0.2, 0.25) is 0 Å². The first kappa shape index (κ1) is 14.7. The third-order valence-corrected chi connectivity index (χ3v) is 6.51. The Labute approximate surface area is 133 Å². The minimum atomic E-state index is -0.301. The molecule has 0 radical (unpaired) electrons. The SMILES string of the molecule is C[C@H](OCc1ccccc1)[C@H](O)C12CC3CC(CC(C3)C1)C2. The third-order valence-electron chi connectivity index (χ3n) is 6.51.